The van der Waals surface area contributed by atoms with Gasteiger partial charge in [0.05, 0.1) is 39.8 Å². The van der Waals surface area contributed by atoms with E-state index in [4.69, 9.17) is 38.4 Å². The third-order valence-electron chi connectivity index (χ3n) is 13.0. The number of carbonyl (C=O) groups excluding carboxylic acids is 1. The van der Waals surface area contributed by atoms with Gasteiger partial charge >= 0.3 is 0 Å². The maximum Gasteiger partial charge on any atom is 0.293 e. The maximum atomic E-state index is 13.9. The largest absolute Gasteiger partial charge is 0.455 e. The van der Waals surface area contributed by atoms with Gasteiger partial charge in [-0.1, -0.05) is 54.8 Å². The van der Waals surface area contributed by atoms with Gasteiger partial charge in [0, 0.05) is 86.8 Å². The molecular formula is C47H56Cl2N8O6S. The average molecular weight is 932 g/mol. The molecule has 3 aromatic carbocycles. The Balaban J connectivity index is 0.949. The van der Waals surface area contributed by atoms with E-state index in [-0.39, 0.29) is 49.9 Å². The van der Waals surface area contributed by atoms with Crippen LogP contribution in [0.2, 0.25) is 10.0 Å². The number of nitrogens with zero attached hydrogens (tertiary/aromatic N) is 5. The molecule has 0 bridgehead atoms. The number of carbonyl (C=O) groups is 1. The van der Waals surface area contributed by atoms with Gasteiger partial charge in [0.2, 0.25) is 0 Å². The molecule has 1 amide bonds. The summed E-state index contributed by atoms with van der Waals surface area (Å²) in [7, 11) is -2.14. The van der Waals surface area contributed by atoms with Crippen LogP contribution in [0.5, 0.6) is 11.5 Å². The SMILES string of the molecule is CC1(C)CCC(CN2CCN(c3ccc(C(=O)NS(=O)c4ccc(NC5CCC(N6CCOCC6)CC5)c([N+](=O)[O-])c4)c(Oc4cnc(N)c(Cl)c4)c3)CC2)=C(c2ccc(Cl)cc2)C1. The molecular weight excluding hydrogens is 876 g/mol. The molecule has 4 aliphatic rings. The smallest absolute Gasteiger partial charge is 0.293 e. The van der Waals surface area contributed by atoms with Crippen LogP contribution in [0, 0.1) is 15.5 Å². The van der Waals surface area contributed by atoms with Crippen molar-refractivity contribution in [3.8, 4) is 11.5 Å². The number of nitro benzene ring substituents is 1. The third kappa shape index (κ3) is 11.2. The van der Waals surface area contributed by atoms with Crippen LogP contribution in [-0.4, -0.2) is 101 Å². The molecule has 1 atom stereocenters. The van der Waals surface area contributed by atoms with Crippen LogP contribution in [-0.2, 0) is 15.7 Å². The summed E-state index contributed by atoms with van der Waals surface area (Å²) in [6, 6.07) is 19.9. The Labute approximate surface area is 387 Å². The summed E-state index contributed by atoms with van der Waals surface area (Å²) >= 11 is 12.5. The summed E-state index contributed by atoms with van der Waals surface area (Å²) in [5.41, 5.74) is 11.3. The number of aromatic nitrogens is 1. The molecule has 17 heteroatoms. The molecule has 64 heavy (non-hydrogen) atoms. The predicted octanol–water partition coefficient (Wildman–Crippen LogP) is 8.96. The number of anilines is 3. The lowest BCUT2D eigenvalue weighted by atomic mass is 9.72. The normalized spacial score (nSPS) is 21.3. The number of piperazine rings is 1. The van der Waals surface area contributed by atoms with Gasteiger partial charge in [0.1, 0.15) is 23.0 Å². The summed E-state index contributed by atoms with van der Waals surface area (Å²) < 4.78 is 28.0. The molecule has 4 N–H and O–H groups in total. The molecule has 4 aromatic rings. The molecule has 1 unspecified atom stereocenters. The number of benzene rings is 3. The Kier molecular flexibility index (Phi) is 14.4. The van der Waals surface area contributed by atoms with Crippen molar-refractivity contribution in [1.82, 2.24) is 19.5 Å². The van der Waals surface area contributed by atoms with Crippen LogP contribution in [0.3, 0.4) is 0 Å². The highest BCUT2D eigenvalue weighted by molar-refractivity contribution is 7.83. The molecule has 2 aliphatic carbocycles. The fourth-order valence-electron chi connectivity index (χ4n) is 9.34. The Bertz CT molecular complexity index is 2400. The lowest BCUT2D eigenvalue weighted by Gasteiger charge is -2.39. The number of nitrogens with two attached hydrogens (primary N) is 1. The van der Waals surface area contributed by atoms with E-state index >= 15 is 0 Å². The Hall–Kier alpha value is -4.77. The first-order chi connectivity index (χ1) is 30.8. The molecule has 0 spiro atoms. The molecule has 3 heterocycles. The second-order valence-electron chi connectivity index (χ2n) is 17.9. The molecule has 0 radical (unpaired) electrons. The number of rotatable bonds is 13. The Morgan fingerprint density at radius 3 is 2.42 bits per heavy atom. The topological polar surface area (TPSA) is 168 Å². The monoisotopic (exact) mass is 930 g/mol. The zero-order chi connectivity index (χ0) is 45.0. The van der Waals surface area contributed by atoms with E-state index in [2.05, 4.69) is 55.7 Å². The lowest BCUT2D eigenvalue weighted by Crippen LogP contribution is -2.47. The number of nitro groups is 1. The Morgan fingerprint density at radius 2 is 1.72 bits per heavy atom. The quantitative estimate of drug-likeness (QED) is 0.0861. The van der Waals surface area contributed by atoms with Crippen molar-refractivity contribution in [2.24, 2.45) is 5.41 Å². The molecule has 8 rings (SSSR count). The number of hydrogen-bond acceptors (Lipinski definition) is 12. The lowest BCUT2D eigenvalue weighted by molar-refractivity contribution is -0.384. The minimum absolute atomic E-state index is 0.0736. The maximum absolute atomic E-state index is 13.9. The fourth-order valence-corrected chi connectivity index (χ4v) is 10.4. The molecule has 2 aliphatic heterocycles. The van der Waals surface area contributed by atoms with Gasteiger partial charge in [-0.25, -0.2) is 9.19 Å². The first kappa shape index (κ1) is 45.8. The highest BCUT2D eigenvalue weighted by Gasteiger charge is 2.31. The predicted molar refractivity (Wildman–Crippen MR) is 254 cm³/mol. The van der Waals surface area contributed by atoms with Crippen molar-refractivity contribution < 1.29 is 23.4 Å². The van der Waals surface area contributed by atoms with Crippen LogP contribution < -0.4 is 25.4 Å². The van der Waals surface area contributed by atoms with Crippen LogP contribution in [0.1, 0.15) is 74.7 Å². The van der Waals surface area contributed by atoms with Gasteiger partial charge in [-0.05, 0) is 97.9 Å². The highest BCUT2D eigenvalue weighted by Crippen LogP contribution is 2.44. The number of allylic oxidation sites excluding steroid dienone is 1. The highest BCUT2D eigenvalue weighted by atomic mass is 35.5. The van der Waals surface area contributed by atoms with Crippen LogP contribution in [0.4, 0.5) is 22.9 Å². The van der Waals surface area contributed by atoms with Crippen molar-refractivity contribution in [2.75, 3.05) is 75.0 Å². The summed E-state index contributed by atoms with van der Waals surface area (Å²) in [6.45, 7) is 12.1. The number of amides is 1. The van der Waals surface area contributed by atoms with E-state index in [1.165, 1.54) is 41.1 Å². The zero-order valence-corrected chi connectivity index (χ0v) is 38.7. The number of morpholine rings is 1. The molecule has 3 fully saturated rings. The summed E-state index contributed by atoms with van der Waals surface area (Å²) in [4.78, 5) is 37.1. The van der Waals surface area contributed by atoms with Gasteiger partial charge in [-0.15, -0.1) is 0 Å². The van der Waals surface area contributed by atoms with Gasteiger partial charge in [0.25, 0.3) is 11.6 Å². The van der Waals surface area contributed by atoms with Crippen LogP contribution in [0.15, 0.2) is 83.4 Å². The number of ether oxygens (including phenoxy) is 2. The summed E-state index contributed by atoms with van der Waals surface area (Å²) in [5.74, 6) is -0.117. The number of pyridine rings is 1. The molecule has 2 saturated heterocycles. The van der Waals surface area contributed by atoms with Crippen molar-refractivity contribution in [3.05, 3.63) is 110 Å². The molecule has 1 saturated carbocycles. The van der Waals surface area contributed by atoms with E-state index < -0.39 is 21.8 Å². The van der Waals surface area contributed by atoms with Crippen molar-refractivity contribution in [1.29, 1.82) is 0 Å². The number of hydrogen-bond donors (Lipinski definition) is 3. The van der Waals surface area contributed by atoms with E-state index in [9.17, 15) is 19.1 Å². The van der Waals surface area contributed by atoms with Crippen molar-refractivity contribution in [2.45, 2.75) is 75.8 Å². The van der Waals surface area contributed by atoms with Gasteiger partial charge in [0.15, 0.2) is 11.0 Å². The second kappa shape index (κ2) is 20.2. The van der Waals surface area contributed by atoms with E-state index in [0.717, 1.165) is 115 Å². The summed E-state index contributed by atoms with van der Waals surface area (Å²) in [6.07, 6.45) is 8.39. The van der Waals surface area contributed by atoms with E-state index in [1.807, 2.05) is 18.2 Å². The molecule has 340 valence electrons. The number of halogens is 2. The fraction of sp³-hybridized carbons (Fsp3) is 0.447. The first-order valence-electron chi connectivity index (χ1n) is 22.1. The van der Waals surface area contributed by atoms with Gasteiger partial charge in [-0.2, -0.15) is 0 Å². The standard InChI is InChI=1S/C47H56Cl2N8O6S/c1-47(2)16-15-32(40(28-47)31-3-5-33(48)6-4-31)30-54-17-19-55(20-18-54)36-11-13-39(44(25-36)63-37-26-41(49)45(50)51-29-37)46(58)53-64(61)38-12-14-42(43(27-38)57(59)60)52-34-7-9-35(10-8-34)56-21-23-62-24-22-56/h3-6,11-14,25-27,29,34-35,52H,7-10,15-24,28,30H2,1-2H3,(H2,50,51)(H,53,58). The Morgan fingerprint density at radius 1 is 0.984 bits per heavy atom. The molecule has 1 aromatic heterocycles. The van der Waals surface area contributed by atoms with Crippen molar-refractivity contribution in [3.63, 3.8) is 0 Å². The molecule has 14 nitrogen and oxygen atoms in total. The third-order valence-corrected chi connectivity index (χ3v) is 14.6. The first-order valence-corrected chi connectivity index (χ1v) is 24.0. The minimum atomic E-state index is -2.14. The van der Waals surface area contributed by atoms with Gasteiger partial charge in [-0.3, -0.25) is 29.4 Å². The summed E-state index contributed by atoms with van der Waals surface area (Å²) in [5, 5.41) is 16.6. The second-order valence-corrected chi connectivity index (χ2v) is 20.0. The minimum Gasteiger partial charge on any atom is -0.455 e. The van der Waals surface area contributed by atoms with E-state index in [1.54, 1.807) is 18.2 Å². The van der Waals surface area contributed by atoms with Crippen LogP contribution >= 0.6 is 23.2 Å². The van der Waals surface area contributed by atoms with Gasteiger partial charge < -0.3 is 25.4 Å². The van der Waals surface area contributed by atoms with Crippen molar-refractivity contribution >= 4 is 68.5 Å². The van der Waals surface area contributed by atoms with Crippen LogP contribution in [0.25, 0.3) is 5.57 Å². The number of nitrogens with one attached hydrogen (secondary N) is 2. The number of nitrogen functional groups attached to an aromatic ring is 1. The zero-order valence-electron chi connectivity index (χ0n) is 36.3. The van der Waals surface area contributed by atoms with E-state index in [0.29, 0.717) is 11.7 Å². The average Bonchev–Trinajstić information content (AvgIpc) is 3.29.